The first-order valence-electron chi connectivity index (χ1n) is 5.56. The Hall–Kier alpha value is -0.600. The third kappa shape index (κ3) is 2.48. The molecule has 1 nitrogen and oxygen atoms in total. The van der Waals surface area contributed by atoms with Gasteiger partial charge in [0.15, 0.2) is 0 Å². The maximum Gasteiger partial charge on any atom is 0.0862 e. The van der Waals surface area contributed by atoms with E-state index in [0.717, 1.165) is 26.1 Å². The smallest absolute Gasteiger partial charge is 0.0862 e. The van der Waals surface area contributed by atoms with Gasteiger partial charge in [-0.1, -0.05) is 32.4 Å². The minimum Gasteiger partial charge on any atom is -0.251 e. The quantitative estimate of drug-likeness (QED) is 0.647. The van der Waals surface area contributed by atoms with Crippen LogP contribution in [0.15, 0.2) is 22.7 Å². The van der Waals surface area contributed by atoms with Crippen LogP contribution in [0.3, 0.4) is 0 Å². The lowest BCUT2D eigenvalue weighted by Gasteiger charge is -2.19. The van der Waals surface area contributed by atoms with Crippen molar-refractivity contribution < 1.29 is 0 Å². The highest BCUT2D eigenvalue weighted by molar-refractivity contribution is 9.10. The molecule has 1 heterocycles. The number of nitrogens with zero attached hydrogens (tertiary/aromatic N) is 1. The third-order valence-electron chi connectivity index (χ3n) is 2.73. The van der Waals surface area contributed by atoms with Crippen LogP contribution in [0.2, 0.25) is 5.02 Å². The summed E-state index contributed by atoms with van der Waals surface area (Å²) in [5.74, 6) is 0. The number of rotatable bonds is 0. The molecule has 0 atom stereocenters. The van der Waals surface area contributed by atoms with Gasteiger partial charge in [0.2, 0.25) is 0 Å². The van der Waals surface area contributed by atoms with Crippen LogP contribution < -0.4 is 0 Å². The van der Waals surface area contributed by atoms with Crippen molar-refractivity contribution in [1.29, 1.82) is 0 Å². The number of hydrogen-bond acceptors (Lipinski definition) is 1. The molecule has 0 aliphatic carbocycles. The Morgan fingerprint density at radius 3 is 2.41 bits per heavy atom. The number of pyridine rings is 1. The fraction of sp³-hybridized carbons (Fsp3) is 0.357. The lowest BCUT2D eigenvalue weighted by atomic mass is 9.91. The van der Waals surface area contributed by atoms with E-state index in [1.54, 1.807) is 0 Å². The van der Waals surface area contributed by atoms with Crippen molar-refractivity contribution in [2.24, 2.45) is 0 Å². The van der Waals surface area contributed by atoms with Gasteiger partial charge in [-0.15, -0.1) is 0 Å². The summed E-state index contributed by atoms with van der Waals surface area (Å²) in [7, 11) is 0. The topological polar surface area (TPSA) is 12.9 Å². The highest BCUT2D eigenvalue weighted by atomic mass is 79.9. The maximum atomic E-state index is 6.35. The molecule has 90 valence electrons. The lowest BCUT2D eigenvalue weighted by Crippen LogP contribution is -2.13. The number of halogens is 2. The first-order chi connectivity index (χ1) is 7.79. The third-order valence-corrected chi connectivity index (χ3v) is 3.65. The van der Waals surface area contributed by atoms with Crippen molar-refractivity contribution in [3.8, 4) is 0 Å². The van der Waals surface area contributed by atoms with E-state index in [2.05, 4.69) is 55.8 Å². The summed E-state index contributed by atoms with van der Waals surface area (Å²) in [6, 6.07) is 6.11. The van der Waals surface area contributed by atoms with E-state index >= 15 is 0 Å². The number of aryl methyl sites for hydroxylation is 1. The van der Waals surface area contributed by atoms with Gasteiger partial charge in [0, 0.05) is 21.0 Å². The molecule has 0 aliphatic rings. The average molecular weight is 313 g/mol. The van der Waals surface area contributed by atoms with E-state index in [4.69, 9.17) is 16.6 Å². The molecule has 0 aliphatic heterocycles. The minimum atomic E-state index is 0.00214. The number of fused-ring (bicyclic) bond motifs is 1. The molecule has 3 heteroatoms. The van der Waals surface area contributed by atoms with Gasteiger partial charge in [-0.25, -0.2) is 0 Å². The summed E-state index contributed by atoms with van der Waals surface area (Å²) in [6.07, 6.45) is 0. The van der Waals surface area contributed by atoms with Crippen molar-refractivity contribution in [3.05, 3.63) is 39.0 Å². The highest BCUT2D eigenvalue weighted by Gasteiger charge is 2.18. The summed E-state index contributed by atoms with van der Waals surface area (Å²) >= 11 is 9.91. The molecular formula is C14H15BrClN. The molecular weight excluding hydrogens is 298 g/mol. The molecule has 1 aromatic heterocycles. The Kier molecular flexibility index (Phi) is 3.21. The zero-order valence-corrected chi connectivity index (χ0v) is 12.8. The second-order valence-corrected chi connectivity index (χ2v) is 6.64. The Morgan fingerprint density at radius 2 is 1.82 bits per heavy atom. The lowest BCUT2D eigenvalue weighted by molar-refractivity contribution is 0.571. The van der Waals surface area contributed by atoms with Crippen LogP contribution in [0, 0.1) is 6.92 Å². The molecule has 0 N–H and O–H groups in total. The molecule has 0 amide bonds. The fourth-order valence-electron chi connectivity index (χ4n) is 1.77. The fourth-order valence-corrected chi connectivity index (χ4v) is 2.68. The second-order valence-electron chi connectivity index (χ2n) is 5.38. The van der Waals surface area contributed by atoms with E-state index in [0.29, 0.717) is 0 Å². The van der Waals surface area contributed by atoms with Gasteiger partial charge in [-0.2, -0.15) is 0 Å². The molecule has 0 fully saturated rings. The maximum absolute atomic E-state index is 6.35. The predicted octanol–water partition coefficient (Wildman–Crippen LogP) is 5.26. The molecule has 0 spiro atoms. The van der Waals surface area contributed by atoms with Crippen molar-refractivity contribution in [3.63, 3.8) is 0 Å². The van der Waals surface area contributed by atoms with E-state index in [9.17, 15) is 0 Å². The Balaban J connectivity index is 2.83. The van der Waals surface area contributed by atoms with Crippen molar-refractivity contribution >= 4 is 38.4 Å². The van der Waals surface area contributed by atoms with Gasteiger partial charge < -0.3 is 0 Å². The van der Waals surface area contributed by atoms with Crippen LogP contribution in [0.1, 0.15) is 32.0 Å². The standard InChI is InChI=1S/C14H15BrClN/c1-8-5-9-11(16)7-12(14(2,3)4)17-13(9)10(15)6-8/h5-7H,1-4H3. The first kappa shape index (κ1) is 12.8. The zero-order chi connectivity index (χ0) is 12.8. The predicted molar refractivity (Wildman–Crippen MR) is 77.9 cm³/mol. The van der Waals surface area contributed by atoms with Crippen molar-refractivity contribution in [1.82, 2.24) is 4.98 Å². The molecule has 0 radical (unpaired) electrons. The van der Waals surface area contributed by atoms with Crippen LogP contribution in [-0.2, 0) is 5.41 Å². The summed E-state index contributed by atoms with van der Waals surface area (Å²) in [5, 5.41) is 1.77. The largest absolute Gasteiger partial charge is 0.251 e. The van der Waals surface area contributed by atoms with Crippen LogP contribution >= 0.6 is 27.5 Å². The second kappa shape index (κ2) is 4.25. The Morgan fingerprint density at radius 1 is 1.18 bits per heavy atom. The van der Waals surface area contributed by atoms with Crippen LogP contribution in [0.25, 0.3) is 10.9 Å². The number of benzene rings is 1. The van der Waals surface area contributed by atoms with Crippen molar-refractivity contribution in [2.75, 3.05) is 0 Å². The van der Waals surface area contributed by atoms with Crippen LogP contribution in [-0.4, -0.2) is 4.98 Å². The van der Waals surface area contributed by atoms with Gasteiger partial charge in [-0.3, -0.25) is 4.98 Å². The van der Waals surface area contributed by atoms with E-state index in [-0.39, 0.29) is 5.41 Å². The van der Waals surface area contributed by atoms with Crippen molar-refractivity contribution in [2.45, 2.75) is 33.1 Å². The van der Waals surface area contributed by atoms with Crippen LogP contribution in [0.4, 0.5) is 0 Å². The van der Waals surface area contributed by atoms with E-state index in [1.165, 1.54) is 5.56 Å². The molecule has 1 aromatic carbocycles. The van der Waals surface area contributed by atoms with Crippen LogP contribution in [0.5, 0.6) is 0 Å². The summed E-state index contributed by atoms with van der Waals surface area (Å²) in [5.41, 5.74) is 3.13. The van der Waals surface area contributed by atoms with E-state index in [1.807, 2.05) is 6.07 Å². The monoisotopic (exact) mass is 311 g/mol. The minimum absolute atomic E-state index is 0.00214. The summed E-state index contributed by atoms with van der Waals surface area (Å²) in [4.78, 5) is 4.72. The summed E-state index contributed by atoms with van der Waals surface area (Å²) in [6.45, 7) is 8.47. The summed E-state index contributed by atoms with van der Waals surface area (Å²) < 4.78 is 1.00. The van der Waals surface area contributed by atoms with Gasteiger partial charge >= 0.3 is 0 Å². The number of hydrogen-bond donors (Lipinski definition) is 0. The van der Waals surface area contributed by atoms with Gasteiger partial charge in [0.25, 0.3) is 0 Å². The number of aromatic nitrogens is 1. The first-order valence-corrected chi connectivity index (χ1v) is 6.73. The molecule has 2 rings (SSSR count). The Bertz CT molecular complexity index is 585. The zero-order valence-electron chi connectivity index (χ0n) is 10.4. The van der Waals surface area contributed by atoms with E-state index < -0.39 is 0 Å². The molecule has 0 saturated carbocycles. The average Bonchev–Trinajstić information content (AvgIpc) is 2.17. The molecule has 0 unspecified atom stereocenters. The molecule has 2 aromatic rings. The SMILES string of the molecule is Cc1cc(Br)c2nc(C(C)(C)C)cc(Cl)c2c1. The molecule has 17 heavy (non-hydrogen) atoms. The van der Waals surface area contributed by atoms with Gasteiger partial charge in [0.05, 0.1) is 10.5 Å². The Labute approximate surface area is 115 Å². The van der Waals surface area contributed by atoms with Gasteiger partial charge in [-0.05, 0) is 46.6 Å². The highest BCUT2D eigenvalue weighted by Crippen LogP contribution is 2.33. The molecule has 0 bridgehead atoms. The normalized spacial score (nSPS) is 12.1. The van der Waals surface area contributed by atoms with Gasteiger partial charge in [0.1, 0.15) is 0 Å². The molecule has 0 saturated heterocycles.